The number of alkyl halides is 3. The number of urea groups is 1. The van der Waals surface area contributed by atoms with Crippen LogP contribution in [-0.4, -0.2) is 37.3 Å². The van der Waals surface area contributed by atoms with Crippen molar-refractivity contribution in [1.29, 1.82) is 0 Å². The van der Waals surface area contributed by atoms with Crippen LogP contribution in [0.1, 0.15) is 42.6 Å². The monoisotopic (exact) mass is 603 g/mol. The second-order valence-corrected chi connectivity index (χ2v) is 10.9. The lowest BCUT2D eigenvalue weighted by molar-refractivity contribution is -0.274. The lowest BCUT2D eigenvalue weighted by Crippen LogP contribution is -2.17. The van der Waals surface area contributed by atoms with Crippen LogP contribution in [-0.2, 0) is 0 Å². The molecule has 2 heterocycles. The summed E-state index contributed by atoms with van der Waals surface area (Å²) in [6.07, 6.45) is 5.99. The van der Waals surface area contributed by atoms with Crippen LogP contribution < -0.4 is 9.54 Å². The zero-order chi connectivity index (χ0) is 30.3. The third-order valence-corrected chi connectivity index (χ3v) is 7.76. The van der Waals surface area contributed by atoms with Crippen molar-refractivity contribution < 1.29 is 27.8 Å². The summed E-state index contributed by atoms with van der Waals surface area (Å²) in [6.45, 7) is 4.10. The summed E-state index contributed by atoms with van der Waals surface area (Å²) in [5, 5.41) is 12.1. The van der Waals surface area contributed by atoms with Gasteiger partial charge in [0.1, 0.15) is 12.1 Å². The predicted octanol–water partition coefficient (Wildman–Crippen LogP) is 7.22. The zero-order valence-corrected chi connectivity index (χ0v) is 23.7. The summed E-state index contributed by atoms with van der Waals surface area (Å²) in [5.74, 6) is -0.329. The van der Waals surface area contributed by atoms with Gasteiger partial charge in [-0.3, -0.25) is 9.13 Å². The topological polar surface area (TPSA) is 94.0 Å². The molecular formula is C31H24F3N5O3S. The highest BCUT2D eigenvalue weighted by molar-refractivity contribution is 7.07. The molecule has 0 fully saturated rings. The predicted molar refractivity (Wildman–Crippen MR) is 157 cm³/mol. The number of hydrogen-bond acceptors (Lipinski definition) is 5. The van der Waals surface area contributed by atoms with E-state index in [9.17, 15) is 23.1 Å². The zero-order valence-electron chi connectivity index (χ0n) is 22.9. The number of para-hydroxylation sites is 1. The molecule has 2 aliphatic carbocycles. The van der Waals surface area contributed by atoms with Crippen LogP contribution in [0, 0.1) is 0 Å². The van der Waals surface area contributed by atoms with E-state index in [-0.39, 0.29) is 23.5 Å². The summed E-state index contributed by atoms with van der Waals surface area (Å²) < 4.78 is 44.8. The summed E-state index contributed by atoms with van der Waals surface area (Å²) in [5.41, 5.74) is 5.20. The maximum Gasteiger partial charge on any atom is 0.573 e. The molecule has 0 spiro atoms. The average molecular weight is 604 g/mol. The van der Waals surface area contributed by atoms with Crippen molar-refractivity contribution in [2.24, 2.45) is 9.98 Å². The van der Waals surface area contributed by atoms with Crippen LogP contribution in [0.25, 0.3) is 17.5 Å². The molecule has 218 valence electrons. The first-order valence-corrected chi connectivity index (χ1v) is 14.1. The van der Waals surface area contributed by atoms with Gasteiger partial charge in [0.05, 0.1) is 28.2 Å². The number of thiazole rings is 1. The van der Waals surface area contributed by atoms with Gasteiger partial charge < -0.3 is 9.84 Å². The number of carbonyl (C=O) groups is 1. The molecule has 6 rings (SSSR count). The number of carbonyl (C=O) groups excluding carboxylic acids is 1. The van der Waals surface area contributed by atoms with Gasteiger partial charge in [-0.05, 0) is 65.6 Å². The van der Waals surface area contributed by atoms with Crippen molar-refractivity contribution in [3.05, 3.63) is 112 Å². The van der Waals surface area contributed by atoms with Crippen molar-refractivity contribution in [3.63, 3.8) is 0 Å². The Labute approximate surface area is 247 Å². The number of benzene rings is 2. The molecule has 0 radical (unpaired) electrons. The van der Waals surface area contributed by atoms with E-state index < -0.39 is 12.4 Å². The first kappa shape index (κ1) is 28.2. The van der Waals surface area contributed by atoms with Crippen LogP contribution in [0.5, 0.6) is 11.6 Å². The van der Waals surface area contributed by atoms with E-state index in [4.69, 9.17) is 0 Å². The number of fused-ring (bicyclic) bond motifs is 3. The first-order valence-electron chi connectivity index (χ1n) is 13.2. The third-order valence-electron chi connectivity index (χ3n) is 6.95. The minimum absolute atomic E-state index is 0.0204. The maximum absolute atomic E-state index is 12.9. The van der Waals surface area contributed by atoms with E-state index in [1.165, 1.54) is 29.6 Å². The lowest BCUT2D eigenvalue weighted by atomic mass is 9.85. The molecule has 1 unspecified atom stereocenters. The van der Waals surface area contributed by atoms with Crippen LogP contribution >= 0.6 is 11.3 Å². The Morgan fingerprint density at radius 2 is 1.84 bits per heavy atom. The summed E-state index contributed by atoms with van der Waals surface area (Å²) in [4.78, 5) is 26.1. The van der Waals surface area contributed by atoms with Crippen molar-refractivity contribution in [2.75, 3.05) is 0 Å². The Morgan fingerprint density at radius 3 is 2.58 bits per heavy atom. The number of amides is 2. The molecule has 2 amide bonds. The molecule has 2 aromatic heterocycles. The first-order chi connectivity index (χ1) is 20.6. The number of aliphatic imine (C=N–C) groups is 1. The van der Waals surface area contributed by atoms with E-state index in [1.807, 2.05) is 56.3 Å². The van der Waals surface area contributed by atoms with E-state index in [0.29, 0.717) is 16.2 Å². The van der Waals surface area contributed by atoms with Crippen LogP contribution in [0.3, 0.4) is 0 Å². The van der Waals surface area contributed by atoms with Crippen molar-refractivity contribution in [1.82, 2.24) is 14.1 Å². The van der Waals surface area contributed by atoms with Crippen molar-refractivity contribution >= 4 is 29.2 Å². The summed E-state index contributed by atoms with van der Waals surface area (Å²) in [7, 11) is 0. The molecule has 0 aliphatic heterocycles. The van der Waals surface area contributed by atoms with Gasteiger partial charge in [0.2, 0.25) is 10.7 Å². The van der Waals surface area contributed by atoms with Gasteiger partial charge in [0.25, 0.3) is 0 Å². The number of rotatable bonds is 4. The quantitative estimate of drug-likeness (QED) is 0.267. The van der Waals surface area contributed by atoms with Crippen molar-refractivity contribution in [3.8, 4) is 23.0 Å². The molecule has 1 atom stereocenters. The fraction of sp³-hybridized carbons (Fsp3) is 0.161. The SMILES string of the molecule is CC(C)c1ccccc1-n1c(O)cs/c1=N\C(=O)N=C1C=CC2C(=C1)C=Cc1c2ncn1-c1ccc(OC(F)(F)F)cc1. The molecular weight excluding hydrogens is 579 g/mol. The molecule has 0 saturated heterocycles. The number of allylic oxidation sites excluding steroid dienone is 5. The average Bonchev–Trinajstić information content (AvgIpc) is 3.55. The number of ether oxygens (including phenoxy) is 1. The number of aromatic nitrogens is 3. The van der Waals surface area contributed by atoms with Gasteiger partial charge in [0, 0.05) is 11.6 Å². The second-order valence-electron chi connectivity index (χ2n) is 10.1. The fourth-order valence-electron chi connectivity index (χ4n) is 5.06. The Bertz CT molecular complexity index is 1910. The maximum atomic E-state index is 12.9. The van der Waals surface area contributed by atoms with Gasteiger partial charge in [-0.1, -0.05) is 44.2 Å². The summed E-state index contributed by atoms with van der Waals surface area (Å²) >= 11 is 1.14. The van der Waals surface area contributed by atoms with Crippen LogP contribution in [0.15, 0.2) is 100 Å². The van der Waals surface area contributed by atoms with E-state index in [2.05, 4.69) is 19.7 Å². The molecule has 12 heteroatoms. The molecule has 2 aliphatic rings. The molecule has 4 aromatic rings. The van der Waals surface area contributed by atoms with Crippen LogP contribution in [0.2, 0.25) is 0 Å². The number of nitrogens with zero attached hydrogens (tertiary/aromatic N) is 5. The highest BCUT2D eigenvalue weighted by Gasteiger charge is 2.31. The Morgan fingerprint density at radius 1 is 1.07 bits per heavy atom. The lowest BCUT2D eigenvalue weighted by Gasteiger charge is -2.21. The Balaban J connectivity index is 1.25. The number of aromatic hydroxyl groups is 1. The highest BCUT2D eigenvalue weighted by Crippen LogP contribution is 2.37. The van der Waals surface area contributed by atoms with E-state index in [1.54, 1.807) is 27.6 Å². The van der Waals surface area contributed by atoms with Gasteiger partial charge in [-0.25, -0.2) is 9.78 Å². The molecule has 1 N–H and O–H groups in total. The molecule has 0 saturated carbocycles. The molecule has 8 nitrogen and oxygen atoms in total. The number of hydrogen-bond donors (Lipinski definition) is 1. The Kier molecular flexibility index (Phi) is 7.22. The van der Waals surface area contributed by atoms with E-state index in [0.717, 1.165) is 39.5 Å². The standard InChI is InChI=1S/C31H24F3N5O3S/c1-18(2)23-5-3-4-6-25(23)39-27(40)16-43-30(39)37-29(41)36-20-8-13-24-19(15-20)7-14-26-28(24)35-17-38(26)21-9-11-22(12-10-21)42-31(32,33)34/h3-18,24,40H,1-2H3/b36-20?,37-30-. The third kappa shape index (κ3) is 5.73. The summed E-state index contributed by atoms with van der Waals surface area (Å²) in [6, 6.07) is 12.5. The minimum atomic E-state index is -4.76. The fourth-order valence-corrected chi connectivity index (χ4v) is 5.80. The minimum Gasteiger partial charge on any atom is -0.494 e. The van der Waals surface area contributed by atoms with Crippen LogP contribution in [0.4, 0.5) is 18.0 Å². The van der Waals surface area contributed by atoms with Gasteiger partial charge >= 0.3 is 12.4 Å². The molecule has 43 heavy (non-hydrogen) atoms. The van der Waals surface area contributed by atoms with Gasteiger partial charge in [0.15, 0.2) is 0 Å². The largest absolute Gasteiger partial charge is 0.573 e. The number of imidazole rings is 1. The molecule has 2 aromatic carbocycles. The highest BCUT2D eigenvalue weighted by atomic mass is 32.1. The molecule has 0 bridgehead atoms. The van der Waals surface area contributed by atoms with Crippen molar-refractivity contribution in [2.45, 2.75) is 32.0 Å². The van der Waals surface area contributed by atoms with Gasteiger partial charge in [-0.15, -0.1) is 24.5 Å². The Hall–Kier alpha value is -4.97. The second kappa shape index (κ2) is 11.0. The normalized spacial score (nSPS) is 17.3. The smallest absolute Gasteiger partial charge is 0.494 e. The van der Waals surface area contributed by atoms with Gasteiger partial charge in [-0.2, -0.15) is 9.98 Å². The number of halogens is 3. The van der Waals surface area contributed by atoms with E-state index >= 15 is 0 Å².